The molecule has 0 aromatic heterocycles. The largest absolute Gasteiger partial charge is 0.462 e. The predicted molar refractivity (Wildman–Crippen MR) is 256 cm³/mol. The van der Waals surface area contributed by atoms with Gasteiger partial charge in [-0.1, -0.05) is 201 Å². The molecule has 0 heterocycles. The minimum Gasteiger partial charge on any atom is -0.462 e. The summed E-state index contributed by atoms with van der Waals surface area (Å²) in [5.74, 6) is -1.11. The minimum absolute atomic E-state index is 0.115. The number of carbonyl (C=O) groups is 3. The highest BCUT2D eigenvalue weighted by Crippen LogP contribution is 2.13. The molecule has 0 aliphatic heterocycles. The van der Waals surface area contributed by atoms with Gasteiger partial charge in [0.1, 0.15) is 13.2 Å². The second kappa shape index (κ2) is 47.7. The Kier molecular flexibility index (Phi) is 44.6. The number of rotatable bonds is 41. The summed E-state index contributed by atoms with van der Waals surface area (Å²) in [4.78, 5) is 37.8. The first kappa shape index (κ1) is 56.1. The third kappa shape index (κ3) is 45.2. The fourth-order valence-electron chi connectivity index (χ4n) is 6.03. The van der Waals surface area contributed by atoms with Crippen LogP contribution in [0.25, 0.3) is 0 Å². The van der Waals surface area contributed by atoms with Gasteiger partial charge in [0.05, 0.1) is 6.42 Å². The smallest absolute Gasteiger partial charge is 0.309 e. The lowest BCUT2D eigenvalue weighted by molar-refractivity contribution is -0.166. The van der Waals surface area contributed by atoms with Gasteiger partial charge in [-0.05, 0) is 83.5 Å². The fraction of sp³-hybridized carbons (Fsp3) is 0.611. The highest BCUT2D eigenvalue weighted by atomic mass is 16.6. The quantitative estimate of drug-likeness (QED) is 0.0264. The lowest BCUT2D eigenvalue weighted by Crippen LogP contribution is -2.30. The molecule has 0 fully saturated rings. The van der Waals surface area contributed by atoms with E-state index in [1.54, 1.807) is 6.08 Å². The molecule has 1 unspecified atom stereocenters. The molecule has 6 nitrogen and oxygen atoms in total. The van der Waals surface area contributed by atoms with E-state index in [0.717, 1.165) is 89.9 Å². The minimum atomic E-state index is -0.838. The van der Waals surface area contributed by atoms with Crippen LogP contribution in [-0.2, 0) is 28.6 Å². The molecule has 1 atom stereocenters. The van der Waals surface area contributed by atoms with E-state index in [9.17, 15) is 14.4 Å². The molecule has 0 amide bonds. The van der Waals surface area contributed by atoms with E-state index in [2.05, 4.69) is 118 Å². The Morgan fingerprint density at radius 3 is 1.17 bits per heavy atom. The Bertz CT molecular complexity index is 1280. The number of carbonyl (C=O) groups excluding carboxylic acids is 3. The maximum absolute atomic E-state index is 12.7. The number of hydrogen-bond donors (Lipinski definition) is 0. The molecule has 0 aromatic rings. The van der Waals surface area contributed by atoms with Crippen molar-refractivity contribution in [2.75, 3.05) is 13.2 Å². The molecule has 0 spiro atoms. The van der Waals surface area contributed by atoms with Gasteiger partial charge in [-0.2, -0.15) is 0 Å². The van der Waals surface area contributed by atoms with Gasteiger partial charge in [-0.15, -0.1) is 0 Å². The zero-order chi connectivity index (χ0) is 43.7. The third-order valence-corrected chi connectivity index (χ3v) is 9.56. The maximum Gasteiger partial charge on any atom is 0.309 e. The topological polar surface area (TPSA) is 78.9 Å². The van der Waals surface area contributed by atoms with E-state index in [4.69, 9.17) is 14.2 Å². The number of esters is 3. The molecular weight excluding hydrogens is 745 g/mol. The summed E-state index contributed by atoms with van der Waals surface area (Å²) < 4.78 is 16.6. The summed E-state index contributed by atoms with van der Waals surface area (Å²) in [6, 6.07) is 0. The average molecular weight is 831 g/mol. The van der Waals surface area contributed by atoms with Crippen LogP contribution < -0.4 is 0 Å². The van der Waals surface area contributed by atoms with E-state index in [0.29, 0.717) is 12.8 Å². The number of ether oxygens (including phenoxy) is 3. The van der Waals surface area contributed by atoms with Crippen molar-refractivity contribution >= 4 is 17.9 Å². The van der Waals surface area contributed by atoms with Gasteiger partial charge in [0.25, 0.3) is 0 Å². The van der Waals surface area contributed by atoms with E-state index >= 15 is 0 Å². The summed E-state index contributed by atoms with van der Waals surface area (Å²) in [6.07, 6.45) is 63.8. The van der Waals surface area contributed by atoms with Crippen molar-refractivity contribution < 1.29 is 28.6 Å². The van der Waals surface area contributed by atoms with Gasteiger partial charge >= 0.3 is 17.9 Å². The molecule has 0 saturated carbocycles. The predicted octanol–water partition coefficient (Wildman–Crippen LogP) is 15.6. The van der Waals surface area contributed by atoms with Crippen molar-refractivity contribution in [2.45, 2.75) is 200 Å². The number of allylic oxidation sites excluding steroid dienone is 17. The first-order chi connectivity index (χ1) is 29.5. The zero-order valence-electron chi connectivity index (χ0n) is 38.4. The summed E-state index contributed by atoms with van der Waals surface area (Å²) >= 11 is 0. The molecular formula is C54H86O6. The Labute approximate surface area is 368 Å². The molecule has 6 heteroatoms. The van der Waals surface area contributed by atoms with Crippen LogP contribution in [0.3, 0.4) is 0 Å². The van der Waals surface area contributed by atoms with Crippen molar-refractivity contribution in [1.29, 1.82) is 0 Å². The van der Waals surface area contributed by atoms with Gasteiger partial charge in [-0.3, -0.25) is 14.4 Å². The van der Waals surface area contributed by atoms with Crippen LogP contribution in [0.4, 0.5) is 0 Å². The number of unbranched alkanes of at least 4 members (excludes halogenated alkanes) is 13. The maximum atomic E-state index is 12.7. The molecule has 0 radical (unpaired) electrons. The van der Waals surface area contributed by atoms with Crippen LogP contribution in [0, 0.1) is 0 Å². The molecule has 60 heavy (non-hydrogen) atoms. The Morgan fingerprint density at radius 2 is 0.717 bits per heavy atom. The summed E-state index contributed by atoms with van der Waals surface area (Å²) in [6.45, 7) is 6.26. The van der Waals surface area contributed by atoms with Crippen LogP contribution in [0.5, 0.6) is 0 Å². The molecule has 0 aliphatic rings. The Hall–Kier alpha value is -3.93. The first-order valence-electron chi connectivity index (χ1n) is 23.9. The SMILES string of the molecule is CC/C=C\C/C=C\C/C=C\C/C=C\C/C=C\CC(=O)OCC(COC(=O)CCCCCCCCCCCCCC)OC(=O)CCCC/C=C\C/C=C\C/C=C\C/C=C\CC. The van der Waals surface area contributed by atoms with Crippen molar-refractivity contribution in [3.05, 3.63) is 109 Å². The number of hydrogen-bond acceptors (Lipinski definition) is 6. The lowest BCUT2D eigenvalue weighted by Gasteiger charge is -2.18. The monoisotopic (exact) mass is 831 g/mol. The summed E-state index contributed by atoms with van der Waals surface area (Å²) in [5, 5.41) is 0. The van der Waals surface area contributed by atoms with E-state index < -0.39 is 12.1 Å². The fourth-order valence-corrected chi connectivity index (χ4v) is 6.03. The zero-order valence-corrected chi connectivity index (χ0v) is 38.4. The van der Waals surface area contributed by atoms with Crippen LogP contribution in [0.1, 0.15) is 194 Å². The molecule has 0 N–H and O–H groups in total. The third-order valence-electron chi connectivity index (χ3n) is 9.56. The normalized spacial score (nSPS) is 13.1. The van der Waals surface area contributed by atoms with E-state index in [1.807, 2.05) is 6.08 Å². The van der Waals surface area contributed by atoms with Gasteiger partial charge in [0, 0.05) is 12.8 Å². The Morgan fingerprint density at radius 1 is 0.367 bits per heavy atom. The molecule has 0 bridgehead atoms. The van der Waals surface area contributed by atoms with Gasteiger partial charge < -0.3 is 14.2 Å². The second-order valence-corrected chi connectivity index (χ2v) is 15.3. The van der Waals surface area contributed by atoms with Gasteiger partial charge in [0.15, 0.2) is 6.10 Å². The van der Waals surface area contributed by atoms with Gasteiger partial charge in [0.2, 0.25) is 0 Å². The second-order valence-electron chi connectivity index (χ2n) is 15.3. The van der Waals surface area contributed by atoms with Gasteiger partial charge in [-0.25, -0.2) is 0 Å². The average Bonchev–Trinajstić information content (AvgIpc) is 3.24. The molecule has 0 rings (SSSR count). The van der Waals surface area contributed by atoms with Crippen molar-refractivity contribution in [1.82, 2.24) is 0 Å². The van der Waals surface area contributed by atoms with E-state index in [-0.39, 0.29) is 38.0 Å². The summed E-state index contributed by atoms with van der Waals surface area (Å²) in [5.41, 5.74) is 0. The van der Waals surface area contributed by atoms with Crippen molar-refractivity contribution in [3.8, 4) is 0 Å². The lowest BCUT2D eigenvalue weighted by atomic mass is 10.0. The summed E-state index contributed by atoms with van der Waals surface area (Å²) in [7, 11) is 0. The molecule has 338 valence electrons. The van der Waals surface area contributed by atoms with Crippen LogP contribution in [0.2, 0.25) is 0 Å². The Balaban J connectivity index is 4.60. The van der Waals surface area contributed by atoms with E-state index in [1.165, 1.54) is 57.8 Å². The van der Waals surface area contributed by atoms with Crippen LogP contribution in [0.15, 0.2) is 109 Å². The highest BCUT2D eigenvalue weighted by molar-refractivity contribution is 5.72. The highest BCUT2D eigenvalue weighted by Gasteiger charge is 2.19. The molecule has 0 aliphatic carbocycles. The molecule has 0 aromatic carbocycles. The van der Waals surface area contributed by atoms with Crippen molar-refractivity contribution in [2.24, 2.45) is 0 Å². The van der Waals surface area contributed by atoms with Crippen molar-refractivity contribution in [3.63, 3.8) is 0 Å². The van der Waals surface area contributed by atoms with Crippen LogP contribution in [-0.4, -0.2) is 37.2 Å². The van der Waals surface area contributed by atoms with Crippen LogP contribution >= 0.6 is 0 Å². The standard InChI is InChI=1S/C54H86O6/c1-4-7-10-13-16-19-22-25-27-29-32-35-38-41-44-47-53(56)59-50-51(49-58-52(55)46-43-40-37-34-31-24-21-18-15-12-9-6-3)60-54(57)48-45-42-39-36-33-30-28-26-23-20-17-14-11-8-5-2/h7-8,10-11,16-17,19-20,25-28,32-33,35-36,41,44,51H,4-6,9,12-15,18,21-24,29-31,34,37-40,42-43,45-50H2,1-3H3/b10-7-,11-8-,19-16-,20-17-,27-25-,28-26-,35-32-,36-33-,44-41-. The first-order valence-corrected chi connectivity index (χ1v) is 23.9. The molecule has 0 saturated heterocycles.